The standard InChI is InChI=1S/C15H24BNO4/c1-10(2)19-13-7-11(8-17-12(13)9-18)16-20-14(3,4)15(5,6)21-16/h7-8,10,18H,9H2,1-6H3. The van der Waals surface area contributed by atoms with Gasteiger partial charge in [-0.25, -0.2) is 0 Å². The summed E-state index contributed by atoms with van der Waals surface area (Å²) in [5, 5.41) is 9.35. The summed E-state index contributed by atoms with van der Waals surface area (Å²) in [5.41, 5.74) is 0.518. The van der Waals surface area contributed by atoms with Crippen molar-refractivity contribution < 1.29 is 19.2 Å². The Morgan fingerprint density at radius 1 is 1.24 bits per heavy atom. The van der Waals surface area contributed by atoms with Gasteiger partial charge in [0.2, 0.25) is 0 Å². The number of hydrogen-bond donors (Lipinski definition) is 1. The van der Waals surface area contributed by atoms with Crippen LogP contribution in [0.25, 0.3) is 0 Å². The molecule has 0 unspecified atom stereocenters. The monoisotopic (exact) mass is 293 g/mol. The summed E-state index contributed by atoms with van der Waals surface area (Å²) in [6.45, 7) is 11.7. The summed E-state index contributed by atoms with van der Waals surface area (Å²) < 4.78 is 17.7. The second-order valence-corrected chi connectivity index (χ2v) is 6.63. The molecule has 2 heterocycles. The number of hydrogen-bond acceptors (Lipinski definition) is 5. The molecule has 0 atom stereocenters. The summed E-state index contributed by atoms with van der Waals surface area (Å²) in [6.07, 6.45) is 1.67. The highest BCUT2D eigenvalue weighted by Gasteiger charge is 2.51. The molecule has 1 N–H and O–H groups in total. The number of aliphatic hydroxyl groups is 1. The summed E-state index contributed by atoms with van der Waals surface area (Å²) >= 11 is 0. The topological polar surface area (TPSA) is 60.8 Å². The van der Waals surface area contributed by atoms with Crippen molar-refractivity contribution in [1.82, 2.24) is 4.98 Å². The third-order valence-corrected chi connectivity index (χ3v) is 3.99. The van der Waals surface area contributed by atoms with Crippen LogP contribution in [-0.4, -0.2) is 34.5 Å². The van der Waals surface area contributed by atoms with Crippen LogP contribution in [0.15, 0.2) is 12.3 Å². The minimum atomic E-state index is -0.482. The van der Waals surface area contributed by atoms with E-state index >= 15 is 0 Å². The Morgan fingerprint density at radius 2 is 1.81 bits per heavy atom. The zero-order valence-electron chi connectivity index (χ0n) is 13.6. The number of ether oxygens (including phenoxy) is 1. The fourth-order valence-electron chi connectivity index (χ4n) is 2.07. The number of aromatic nitrogens is 1. The van der Waals surface area contributed by atoms with Crippen LogP contribution in [0.2, 0.25) is 0 Å². The first-order valence-corrected chi connectivity index (χ1v) is 7.28. The largest absolute Gasteiger partial charge is 0.496 e. The Morgan fingerprint density at radius 3 is 2.29 bits per heavy atom. The van der Waals surface area contributed by atoms with Gasteiger partial charge in [-0.05, 0) is 47.6 Å². The van der Waals surface area contributed by atoms with E-state index in [2.05, 4.69) is 4.98 Å². The SMILES string of the molecule is CC(C)Oc1cc(B2OC(C)(C)C(C)(C)O2)cnc1CO. The van der Waals surface area contributed by atoms with Gasteiger partial charge in [0.1, 0.15) is 11.4 Å². The van der Waals surface area contributed by atoms with Gasteiger partial charge in [0.05, 0.1) is 23.9 Å². The number of rotatable bonds is 4. The van der Waals surface area contributed by atoms with Crippen molar-refractivity contribution in [3.8, 4) is 5.75 Å². The molecule has 116 valence electrons. The maximum atomic E-state index is 9.35. The Kier molecular flexibility index (Phi) is 4.33. The lowest BCUT2D eigenvalue weighted by Gasteiger charge is -2.32. The van der Waals surface area contributed by atoms with Crippen LogP contribution < -0.4 is 10.2 Å². The van der Waals surface area contributed by atoms with Gasteiger partial charge < -0.3 is 19.2 Å². The van der Waals surface area contributed by atoms with E-state index in [4.69, 9.17) is 14.0 Å². The highest BCUT2D eigenvalue weighted by molar-refractivity contribution is 6.62. The van der Waals surface area contributed by atoms with Crippen molar-refractivity contribution in [2.75, 3.05) is 0 Å². The smallest absolute Gasteiger partial charge is 0.489 e. The van der Waals surface area contributed by atoms with Crippen molar-refractivity contribution in [1.29, 1.82) is 0 Å². The number of nitrogens with zero attached hydrogens (tertiary/aromatic N) is 1. The normalized spacial score (nSPS) is 20.1. The minimum absolute atomic E-state index is 0.00523. The molecule has 5 nitrogen and oxygen atoms in total. The molecule has 1 fully saturated rings. The average Bonchev–Trinajstić information content (AvgIpc) is 2.57. The molecule has 0 bridgehead atoms. The van der Waals surface area contributed by atoms with Crippen LogP contribution >= 0.6 is 0 Å². The van der Waals surface area contributed by atoms with E-state index in [1.807, 2.05) is 47.6 Å². The predicted octanol–water partition coefficient (Wildman–Crippen LogP) is 1.66. The van der Waals surface area contributed by atoms with Gasteiger partial charge in [-0.2, -0.15) is 0 Å². The van der Waals surface area contributed by atoms with E-state index < -0.39 is 18.3 Å². The molecule has 0 spiro atoms. The summed E-state index contributed by atoms with van der Waals surface area (Å²) in [6, 6.07) is 1.83. The first-order chi connectivity index (χ1) is 9.66. The molecule has 1 aromatic rings. The highest BCUT2D eigenvalue weighted by atomic mass is 16.7. The lowest BCUT2D eigenvalue weighted by Crippen LogP contribution is -2.41. The fraction of sp³-hybridized carbons (Fsp3) is 0.667. The summed E-state index contributed by atoms with van der Waals surface area (Å²) in [7, 11) is -0.482. The van der Waals surface area contributed by atoms with E-state index in [9.17, 15) is 5.11 Å². The molecule has 6 heteroatoms. The molecule has 0 aliphatic carbocycles. The zero-order chi connectivity index (χ0) is 15.8. The van der Waals surface area contributed by atoms with Crippen molar-refractivity contribution in [3.63, 3.8) is 0 Å². The maximum absolute atomic E-state index is 9.35. The number of aliphatic hydroxyl groups excluding tert-OH is 1. The van der Waals surface area contributed by atoms with Crippen molar-refractivity contribution in [3.05, 3.63) is 18.0 Å². The van der Waals surface area contributed by atoms with Crippen LogP contribution in [0.4, 0.5) is 0 Å². The fourth-order valence-corrected chi connectivity index (χ4v) is 2.07. The van der Waals surface area contributed by atoms with E-state index in [1.165, 1.54) is 0 Å². The first-order valence-electron chi connectivity index (χ1n) is 7.28. The van der Waals surface area contributed by atoms with Gasteiger partial charge in [0.25, 0.3) is 0 Å². The van der Waals surface area contributed by atoms with Crippen LogP contribution in [0.1, 0.15) is 47.2 Å². The van der Waals surface area contributed by atoms with Crippen LogP contribution in [0.5, 0.6) is 5.75 Å². The van der Waals surface area contributed by atoms with Gasteiger partial charge in [-0.3, -0.25) is 4.98 Å². The van der Waals surface area contributed by atoms with E-state index in [0.717, 1.165) is 5.46 Å². The Hall–Kier alpha value is -1.11. The second kappa shape index (κ2) is 5.59. The van der Waals surface area contributed by atoms with Crippen LogP contribution in [0.3, 0.4) is 0 Å². The highest BCUT2D eigenvalue weighted by Crippen LogP contribution is 2.36. The molecule has 0 radical (unpaired) electrons. The molecule has 0 saturated carbocycles. The van der Waals surface area contributed by atoms with Crippen LogP contribution in [0, 0.1) is 0 Å². The van der Waals surface area contributed by atoms with Gasteiger partial charge in [0.15, 0.2) is 0 Å². The van der Waals surface area contributed by atoms with Gasteiger partial charge in [-0.1, -0.05) is 0 Å². The molecule has 1 aliphatic heterocycles. The molecule has 2 rings (SSSR count). The molecular weight excluding hydrogens is 269 g/mol. The van der Waals surface area contributed by atoms with Crippen molar-refractivity contribution >= 4 is 12.6 Å². The molecule has 1 aromatic heterocycles. The van der Waals surface area contributed by atoms with Crippen molar-refractivity contribution in [2.24, 2.45) is 0 Å². The second-order valence-electron chi connectivity index (χ2n) is 6.63. The van der Waals surface area contributed by atoms with Crippen molar-refractivity contribution in [2.45, 2.75) is 65.5 Å². The molecule has 0 amide bonds. The Labute approximate surface area is 126 Å². The van der Waals surface area contributed by atoms with E-state index in [0.29, 0.717) is 11.4 Å². The first kappa shape index (κ1) is 16.3. The van der Waals surface area contributed by atoms with E-state index in [-0.39, 0.29) is 12.7 Å². The molecule has 1 aliphatic rings. The van der Waals surface area contributed by atoms with Gasteiger partial charge in [0, 0.05) is 11.7 Å². The van der Waals surface area contributed by atoms with Crippen LogP contribution in [-0.2, 0) is 15.9 Å². The van der Waals surface area contributed by atoms with Gasteiger partial charge in [-0.15, -0.1) is 0 Å². The molecule has 21 heavy (non-hydrogen) atoms. The van der Waals surface area contributed by atoms with E-state index in [1.54, 1.807) is 6.20 Å². The third kappa shape index (κ3) is 3.22. The summed E-state index contributed by atoms with van der Waals surface area (Å²) in [4.78, 5) is 4.26. The number of pyridine rings is 1. The van der Waals surface area contributed by atoms with Gasteiger partial charge >= 0.3 is 7.12 Å². The Bertz CT molecular complexity index is 500. The molecular formula is C15H24BNO4. The molecule has 1 saturated heterocycles. The summed E-state index contributed by atoms with van der Waals surface area (Å²) in [5.74, 6) is 0.569. The lowest BCUT2D eigenvalue weighted by molar-refractivity contribution is 0.00578. The molecule has 0 aromatic carbocycles. The maximum Gasteiger partial charge on any atom is 0.496 e. The third-order valence-electron chi connectivity index (χ3n) is 3.99. The zero-order valence-corrected chi connectivity index (χ0v) is 13.6. The quantitative estimate of drug-likeness (QED) is 0.856. The average molecular weight is 293 g/mol. The minimum Gasteiger partial charge on any atom is -0.489 e. The Balaban J connectivity index is 2.30. The predicted molar refractivity (Wildman–Crippen MR) is 81.6 cm³/mol. The lowest BCUT2D eigenvalue weighted by atomic mass is 9.80.